The third-order valence-corrected chi connectivity index (χ3v) is 4.57. The molecule has 1 aliphatic rings. The van der Waals surface area contributed by atoms with Gasteiger partial charge in [0, 0.05) is 19.5 Å². The zero-order chi connectivity index (χ0) is 13.1. The maximum absolute atomic E-state index is 10.2. The molecule has 0 spiro atoms. The van der Waals surface area contributed by atoms with Gasteiger partial charge in [-0.2, -0.15) is 0 Å². The van der Waals surface area contributed by atoms with Crippen LogP contribution >= 0.6 is 12.2 Å². The zero-order valence-electron chi connectivity index (χ0n) is 11.0. The summed E-state index contributed by atoms with van der Waals surface area (Å²) in [5.41, 5.74) is 1.01. The van der Waals surface area contributed by atoms with E-state index in [0.29, 0.717) is 12.0 Å². The van der Waals surface area contributed by atoms with Gasteiger partial charge in [-0.1, -0.05) is 42.5 Å². The van der Waals surface area contributed by atoms with Crippen LogP contribution in [0.15, 0.2) is 30.3 Å². The third kappa shape index (κ3) is 2.90. The monoisotopic (exact) mass is 263 g/mol. The zero-order valence-corrected chi connectivity index (χ0v) is 11.9. The van der Waals surface area contributed by atoms with Crippen molar-refractivity contribution in [3.8, 4) is 0 Å². The molecular weight excluding hydrogens is 242 g/mol. The van der Waals surface area contributed by atoms with E-state index in [1.165, 1.54) is 0 Å². The van der Waals surface area contributed by atoms with Crippen molar-refractivity contribution in [1.29, 1.82) is 0 Å². The molecule has 1 fully saturated rings. The predicted octanol–water partition coefficient (Wildman–Crippen LogP) is 3.17. The number of thiocarbonyl (C=S) groups is 1. The summed E-state index contributed by atoms with van der Waals surface area (Å²) in [5.74, 6) is 0.584. The summed E-state index contributed by atoms with van der Waals surface area (Å²) in [6.45, 7) is 2.22. The molecule has 0 saturated carbocycles. The van der Waals surface area contributed by atoms with E-state index in [9.17, 15) is 5.11 Å². The highest BCUT2D eigenvalue weighted by Crippen LogP contribution is 2.31. The standard InChI is InChI=1S/C15H21NOS/c1-11-13(10-15(18)16(11)2)8-9-14(17)12-6-4-3-5-7-12/h3-7,11,13-14,17H,8-10H2,1-2H3. The van der Waals surface area contributed by atoms with Crippen LogP contribution in [0, 0.1) is 5.92 Å². The summed E-state index contributed by atoms with van der Waals surface area (Å²) in [6, 6.07) is 10.4. The van der Waals surface area contributed by atoms with Gasteiger partial charge in [0.15, 0.2) is 0 Å². The Kier molecular flexibility index (Phi) is 4.36. The van der Waals surface area contributed by atoms with Crippen molar-refractivity contribution < 1.29 is 5.11 Å². The Labute approximate surface area is 115 Å². The summed E-state index contributed by atoms with van der Waals surface area (Å²) in [5, 5.41) is 10.2. The fourth-order valence-electron chi connectivity index (χ4n) is 2.64. The Hall–Kier alpha value is -0.930. The van der Waals surface area contributed by atoms with Crippen molar-refractivity contribution in [2.24, 2.45) is 5.92 Å². The van der Waals surface area contributed by atoms with Crippen LogP contribution in [0.3, 0.4) is 0 Å². The number of nitrogens with zero attached hydrogens (tertiary/aromatic N) is 1. The molecule has 1 aromatic rings. The molecule has 18 heavy (non-hydrogen) atoms. The molecule has 0 radical (unpaired) electrons. The van der Waals surface area contributed by atoms with Crippen molar-refractivity contribution in [2.45, 2.75) is 38.3 Å². The minimum absolute atomic E-state index is 0.349. The first kappa shape index (κ1) is 13.5. The van der Waals surface area contributed by atoms with Crippen molar-refractivity contribution in [2.75, 3.05) is 7.05 Å². The number of likely N-dealkylation sites (tertiary alicyclic amines) is 1. The van der Waals surface area contributed by atoms with E-state index in [1.807, 2.05) is 30.3 Å². The van der Waals surface area contributed by atoms with Gasteiger partial charge >= 0.3 is 0 Å². The first-order valence-corrected chi connectivity index (χ1v) is 6.99. The van der Waals surface area contributed by atoms with E-state index in [1.54, 1.807) is 0 Å². The third-order valence-electron chi connectivity index (χ3n) is 4.12. The van der Waals surface area contributed by atoms with Gasteiger partial charge in [-0.15, -0.1) is 0 Å². The number of benzene rings is 1. The molecule has 3 unspecified atom stereocenters. The van der Waals surface area contributed by atoms with Gasteiger partial charge in [0.1, 0.15) is 0 Å². The van der Waals surface area contributed by atoms with Crippen molar-refractivity contribution in [3.05, 3.63) is 35.9 Å². The van der Waals surface area contributed by atoms with Crippen LogP contribution in [0.1, 0.15) is 37.9 Å². The molecule has 2 nitrogen and oxygen atoms in total. The maximum atomic E-state index is 10.2. The summed E-state index contributed by atoms with van der Waals surface area (Å²) in [6.07, 6.45) is 2.49. The molecule has 98 valence electrons. The second-order valence-corrected chi connectivity index (χ2v) is 5.68. The van der Waals surface area contributed by atoms with Gasteiger partial charge in [-0.3, -0.25) is 0 Å². The molecule has 0 bridgehead atoms. The lowest BCUT2D eigenvalue weighted by Crippen LogP contribution is -2.27. The minimum atomic E-state index is -0.349. The average molecular weight is 263 g/mol. The van der Waals surface area contributed by atoms with Crippen LogP contribution in [-0.2, 0) is 0 Å². The van der Waals surface area contributed by atoms with Crippen molar-refractivity contribution in [3.63, 3.8) is 0 Å². The first-order valence-electron chi connectivity index (χ1n) is 6.58. The number of aliphatic hydroxyl groups is 1. The fraction of sp³-hybridized carbons (Fsp3) is 0.533. The molecule has 1 aliphatic heterocycles. The van der Waals surface area contributed by atoms with E-state index in [0.717, 1.165) is 29.8 Å². The minimum Gasteiger partial charge on any atom is -0.388 e. The van der Waals surface area contributed by atoms with E-state index in [-0.39, 0.29) is 6.10 Å². The van der Waals surface area contributed by atoms with Crippen LogP contribution in [0.5, 0.6) is 0 Å². The molecule has 0 amide bonds. The lowest BCUT2D eigenvalue weighted by atomic mass is 9.93. The van der Waals surface area contributed by atoms with Gasteiger partial charge < -0.3 is 10.0 Å². The lowest BCUT2D eigenvalue weighted by Gasteiger charge is -2.22. The second kappa shape index (κ2) is 5.81. The number of hydrogen-bond acceptors (Lipinski definition) is 2. The molecule has 1 heterocycles. The summed E-state index contributed by atoms with van der Waals surface area (Å²) in [7, 11) is 2.07. The molecule has 0 aliphatic carbocycles. The van der Waals surface area contributed by atoms with E-state index >= 15 is 0 Å². The molecule has 0 aromatic heterocycles. The van der Waals surface area contributed by atoms with Gasteiger partial charge in [0.25, 0.3) is 0 Å². The number of hydrogen-bond donors (Lipinski definition) is 1. The molecular formula is C15H21NOS. The van der Waals surface area contributed by atoms with E-state index in [2.05, 4.69) is 18.9 Å². The first-order chi connectivity index (χ1) is 8.59. The summed E-state index contributed by atoms with van der Waals surface area (Å²) >= 11 is 5.33. The SMILES string of the molecule is CC1C(CCC(O)c2ccccc2)CC(=S)N1C. The Morgan fingerprint density at radius 3 is 2.61 bits per heavy atom. The molecule has 3 atom stereocenters. The number of aliphatic hydroxyl groups excluding tert-OH is 1. The highest BCUT2D eigenvalue weighted by Gasteiger charge is 2.31. The average Bonchev–Trinajstić information content (AvgIpc) is 2.64. The summed E-state index contributed by atoms with van der Waals surface area (Å²) in [4.78, 5) is 3.25. The summed E-state index contributed by atoms with van der Waals surface area (Å²) < 4.78 is 0. The van der Waals surface area contributed by atoms with Crippen LogP contribution in [-0.4, -0.2) is 28.1 Å². The van der Waals surface area contributed by atoms with Crippen molar-refractivity contribution >= 4 is 17.2 Å². The van der Waals surface area contributed by atoms with Gasteiger partial charge in [-0.05, 0) is 31.2 Å². The fourth-order valence-corrected chi connectivity index (χ4v) is 3.02. The molecule has 1 saturated heterocycles. The maximum Gasteiger partial charge on any atom is 0.0790 e. The van der Waals surface area contributed by atoms with Crippen molar-refractivity contribution in [1.82, 2.24) is 4.90 Å². The van der Waals surface area contributed by atoms with E-state index in [4.69, 9.17) is 12.2 Å². The molecule has 2 rings (SSSR count). The van der Waals surface area contributed by atoms with Gasteiger partial charge in [-0.25, -0.2) is 0 Å². The normalized spacial score (nSPS) is 25.5. The van der Waals surface area contributed by atoms with Gasteiger partial charge in [0.05, 0.1) is 11.1 Å². The highest BCUT2D eigenvalue weighted by molar-refractivity contribution is 7.80. The quantitative estimate of drug-likeness (QED) is 0.844. The highest BCUT2D eigenvalue weighted by atomic mass is 32.1. The van der Waals surface area contributed by atoms with Crippen LogP contribution in [0.2, 0.25) is 0 Å². The topological polar surface area (TPSA) is 23.5 Å². The van der Waals surface area contributed by atoms with Crippen LogP contribution in [0.4, 0.5) is 0 Å². The van der Waals surface area contributed by atoms with E-state index < -0.39 is 0 Å². The predicted molar refractivity (Wildman–Crippen MR) is 78.6 cm³/mol. The lowest BCUT2D eigenvalue weighted by molar-refractivity contribution is 0.152. The Morgan fingerprint density at radius 2 is 2.06 bits per heavy atom. The molecule has 1 N–H and O–H groups in total. The van der Waals surface area contributed by atoms with Gasteiger partial charge in [0.2, 0.25) is 0 Å². The Bertz CT molecular complexity index is 406. The van der Waals surface area contributed by atoms with Crippen LogP contribution in [0.25, 0.3) is 0 Å². The largest absolute Gasteiger partial charge is 0.388 e. The second-order valence-electron chi connectivity index (χ2n) is 5.21. The Morgan fingerprint density at radius 1 is 1.39 bits per heavy atom. The Balaban J connectivity index is 1.87. The smallest absolute Gasteiger partial charge is 0.0790 e. The molecule has 1 aromatic carbocycles. The van der Waals surface area contributed by atoms with Crippen LogP contribution < -0.4 is 0 Å². The molecule has 3 heteroatoms. The number of rotatable bonds is 4.